The molecule has 154 valence electrons. The maximum Gasteiger partial charge on any atom is 0.162 e. The molecule has 0 N–H and O–H groups in total. The zero-order valence-corrected chi connectivity index (χ0v) is 18.3. The molecule has 1 aliphatic heterocycles. The number of aromatic nitrogens is 1. The Kier molecular flexibility index (Phi) is 4.95. The molecule has 6 rings (SSSR count). The van der Waals surface area contributed by atoms with Crippen LogP contribution in [-0.2, 0) is 12.8 Å². The molecule has 1 aromatic carbocycles. The summed E-state index contributed by atoms with van der Waals surface area (Å²) >= 11 is 1.84. The van der Waals surface area contributed by atoms with Crippen LogP contribution in [0.4, 0.5) is 0 Å². The van der Waals surface area contributed by atoms with E-state index in [9.17, 15) is 0 Å². The monoisotopic (exact) mass is 439 g/mol. The van der Waals surface area contributed by atoms with Crippen molar-refractivity contribution in [1.82, 2.24) is 4.98 Å². The molecule has 4 aromatic rings. The molecule has 0 saturated carbocycles. The van der Waals surface area contributed by atoms with Crippen LogP contribution in [0.25, 0.3) is 32.8 Å². The van der Waals surface area contributed by atoms with E-state index < -0.39 is 0 Å². The molecule has 0 saturated heterocycles. The lowest BCUT2D eigenvalue weighted by Gasteiger charge is -2.19. The van der Waals surface area contributed by atoms with Gasteiger partial charge in [0.2, 0.25) is 0 Å². The van der Waals surface area contributed by atoms with E-state index in [2.05, 4.69) is 19.1 Å². The molecule has 0 bridgehead atoms. The Morgan fingerprint density at radius 2 is 1.93 bits per heavy atom. The third kappa shape index (κ3) is 3.17. The highest BCUT2D eigenvalue weighted by Gasteiger charge is 2.25. The van der Waals surface area contributed by atoms with E-state index in [-0.39, 0.29) is 12.4 Å². The van der Waals surface area contributed by atoms with Crippen LogP contribution in [0.1, 0.15) is 23.8 Å². The lowest BCUT2D eigenvalue weighted by molar-refractivity contribution is 0.171. The number of halogens is 1. The van der Waals surface area contributed by atoms with Crippen molar-refractivity contribution in [2.24, 2.45) is 5.92 Å². The summed E-state index contributed by atoms with van der Waals surface area (Å²) in [6.07, 6.45) is 5.25. The quantitative estimate of drug-likeness (QED) is 0.355. The summed E-state index contributed by atoms with van der Waals surface area (Å²) in [6.45, 7) is 3.52. The van der Waals surface area contributed by atoms with E-state index in [1.54, 1.807) is 6.26 Å². The first kappa shape index (κ1) is 19.5. The number of benzene rings is 1. The topological polar surface area (TPSA) is 44.5 Å². The lowest BCUT2D eigenvalue weighted by atomic mass is 9.88. The molecule has 4 heterocycles. The molecule has 6 heteroatoms. The van der Waals surface area contributed by atoms with E-state index in [4.69, 9.17) is 18.9 Å². The van der Waals surface area contributed by atoms with Crippen molar-refractivity contribution in [2.45, 2.75) is 26.2 Å². The molecule has 4 nitrogen and oxygen atoms in total. The second kappa shape index (κ2) is 7.64. The molecule has 0 radical (unpaired) electrons. The zero-order chi connectivity index (χ0) is 19.4. The Morgan fingerprint density at radius 3 is 2.77 bits per heavy atom. The fraction of sp³-hybridized carbons (Fsp3) is 0.292. The van der Waals surface area contributed by atoms with Gasteiger partial charge in [-0.15, -0.1) is 23.7 Å². The first-order valence-corrected chi connectivity index (χ1v) is 11.0. The number of furan rings is 1. The van der Waals surface area contributed by atoms with Gasteiger partial charge in [0.1, 0.15) is 23.8 Å². The van der Waals surface area contributed by atoms with Gasteiger partial charge in [-0.2, -0.15) is 0 Å². The van der Waals surface area contributed by atoms with Gasteiger partial charge in [-0.05, 0) is 67.1 Å². The summed E-state index contributed by atoms with van der Waals surface area (Å²) in [5.74, 6) is 3.22. The van der Waals surface area contributed by atoms with Crippen LogP contribution in [0.5, 0.6) is 11.5 Å². The first-order chi connectivity index (χ1) is 14.3. The largest absolute Gasteiger partial charge is 0.486 e. The Morgan fingerprint density at radius 1 is 1.07 bits per heavy atom. The van der Waals surface area contributed by atoms with Gasteiger partial charge in [0.25, 0.3) is 0 Å². The van der Waals surface area contributed by atoms with Gasteiger partial charge >= 0.3 is 0 Å². The van der Waals surface area contributed by atoms with Crippen LogP contribution in [0.2, 0.25) is 0 Å². The third-order valence-electron chi connectivity index (χ3n) is 5.89. The van der Waals surface area contributed by atoms with Gasteiger partial charge in [-0.25, -0.2) is 4.98 Å². The minimum absolute atomic E-state index is 0. The fourth-order valence-electron chi connectivity index (χ4n) is 4.42. The van der Waals surface area contributed by atoms with Gasteiger partial charge in [0.15, 0.2) is 11.5 Å². The molecule has 1 unspecified atom stereocenters. The predicted octanol–water partition coefficient (Wildman–Crippen LogP) is 6.54. The van der Waals surface area contributed by atoms with Crippen molar-refractivity contribution >= 4 is 34.0 Å². The van der Waals surface area contributed by atoms with E-state index in [1.807, 2.05) is 35.6 Å². The molecule has 0 fully saturated rings. The number of pyridine rings is 1. The van der Waals surface area contributed by atoms with Crippen molar-refractivity contribution in [3.63, 3.8) is 0 Å². The highest BCUT2D eigenvalue weighted by molar-refractivity contribution is 7.19. The van der Waals surface area contributed by atoms with E-state index in [0.717, 1.165) is 57.7 Å². The SMILES string of the molecule is CC1CCc2c(sc3nc(-c4ccc5c(c4)OCCO5)cc(-c4ccco4)c23)C1.Cl. The number of hydrogen-bond donors (Lipinski definition) is 0. The van der Waals surface area contributed by atoms with Crippen molar-refractivity contribution in [3.05, 3.63) is 53.1 Å². The number of hydrogen-bond acceptors (Lipinski definition) is 5. The molecular formula is C24H22ClNO3S. The van der Waals surface area contributed by atoms with Crippen LogP contribution in [0, 0.1) is 5.92 Å². The standard InChI is InChI=1S/C24H21NO3S.ClH/c1-14-4-6-16-22(11-14)29-24-23(16)17(19-3-2-8-26-19)13-18(25-24)15-5-7-20-21(12-15)28-10-9-27-20;/h2-3,5,7-8,12-14H,4,6,9-11H2,1H3;1H. The smallest absolute Gasteiger partial charge is 0.162 e. The Balaban J connectivity index is 0.00000193. The number of rotatable bonds is 2. The van der Waals surface area contributed by atoms with Gasteiger partial charge in [-0.3, -0.25) is 0 Å². The normalized spacial score (nSPS) is 17.4. The minimum Gasteiger partial charge on any atom is -0.486 e. The van der Waals surface area contributed by atoms with Crippen molar-refractivity contribution in [3.8, 4) is 34.1 Å². The van der Waals surface area contributed by atoms with Crippen LogP contribution in [0.3, 0.4) is 0 Å². The predicted molar refractivity (Wildman–Crippen MR) is 122 cm³/mol. The molecule has 2 aliphatic rings. The second-order valence-electron chi connectivity index (χ2n) is 7.92. The molecule has 1 atom stereocenters. The van der Waals surface area contributed by atoms with Gasteiger partial charge < -0.3 is 13.9 Å². The molecular weight excluding hydrogens is 418 g/mol. The Bertz CT molecular complexity index is 1220. The summed E-state index contributed by atoms with van der Waals surface area (Å²) in [7, 11) is 0. The molecule has 3 aromatic heterocycles. The summed E-state index contributed by atoms with van der Waals surface area (Å²) in [6, 6.07) is 12.2. The average molecular weight is 440 g/mol. The zero-order valence-electron chi connectivity index (χ0n) is 16.6. The van der Waals surface area contributed by atoms with Gasteiger partial charge in [0, 0.05) is 21.4 Å². The number of aryl methyl sites for hydroxylation is 1. The number of ether oxygens (including phenoxy) is 2. The van der Waals surface area contributed by atoms with E-state index in [1.165, 1.54) is 22.2 Å². The average Bonchev–Trinajstić information content (AvgIpc) is 3.40. The van der Waals surface area contributed by atoms with Crippen molar-refractivity contribution in [2.75, 3.05) is 13.2 Å². The van der Waals surface area contributed by atoms with Crippen LogP contribution in [0.15, 0.2) is 47.1 Å². The molecule has 0 spiro atoms. The number of fused-ring (bicyclic) bond motifs is 4. The maximum atomic E-state index is 5.82. The summed E-state index contributed by atoms with van der Waals surface area (Å²) in [5, 5.41) is 1.27. The Hall–Kier alpha value is -2.50. The van der Waals surface area contributed by atoms with Crippen LogP contribution in [-0.4, -0.2) is 18.2 Å². The van der Waals surface area contributed by atoms with Crippen LogP contribution < -0.4 is 9.47 Å². The van der Waals surface area contributed by atoms with Gasteiger partial charge in [-0.1, -0.05) is 6.92 Å². The highest BCUT2D eigenvalue weighted by atomic mass is 35.5. The minimum atomic E-state index is 0. The molecule has 0 amide bonds. The van der Waals surface area contributed by atoms with E-state index in [0.29, 0.717) is 13.2 Å². The molecule has 30 heavy (non-hydrogen) atoms. The fourth-order valence-corrected chi connectivity index (χ4v) is 5.83. The number of thiophene rings is 1. The lowest BCUT2D eigenvalue weighted by Crippen LogP contribution is -2.15. The van der Waals surface area contributed by atoms with Crippen molar-refractivity contribution < 1.29 is 13.9 Å². The van der Waals surface area contributed by atoms with Crippen molar-refractivity contribution in [1.29, 1.82) is 0 Å². The summed E-state index contributed by atoms with van der Waals surface area (Å²) in [5.41, 5.74) is 4.57. The Labute approximate surface area is 185 Å². The van der Waals surface area contributed by atoms with Crippen LogP contribution >= 0.6 is 23.7 Å². The first-order valence-electron chi connectivity index (χ1n) is 10.2. The number of nitrogens with zero attached hydrogens (tertiary/aromatic N) is 1. The third-order valence-corrected chi connectivity index (χ3v) is 7.04. The van der Waals surface area contributed by atoms with E-state index >= 15 is 0 Å². The summed E-state index contributed by atoms with van der Waals surface area (Å²) < 4.78 is 17.3. The summed E-state index contributed by atoms with van der Waals surface area (Å²) in [4.78, 5) is 7.66. The second-order valence-corrected chi connectivity index (χ2v) is 9.01. The maximum absolute atomic E-state index is 5.82. The molecule has 1 aliphatic carbocycles. The highest BCUT2D eigenvalue weighted by Crippen LogP contribution is 2.44. The van der Waals surface area contributed by atoms with Gasteiger partial charge in [0.05, 0.1) is 12.0 Å².